The van der Waals surface area contributed by atoms with Gasteiger partial charge in [-0.3, -0.25) is 14.6 Å². The van der Waals surface area contributed by atoms with E-state index in [4.69, 9.17) is 4.74 Å². The van der Waals surface area contributed by atoms with Crippen LogP contribution in [0.1, 0.15) is 37.6 Å². The number of ketones is 2. The van der Waals surface area contributed by atoms with E-state index in [1.165, 1.54) is 18.5 Å². The van der Waals surface area contributed by atoms with Gasteiger partial charge in [0, 0.05) is 18.0 Å². The first kappa shape index (κ1) is 14.0. The summed E-state index contributed by atoms with van der Waals surface area (Å²) in [5, 5.41) is 0. The Balaban J connectivity index is 2.61. The van der Waals surface area contributed by atoms with E-state index in [9.17, 15) is 14.4 Å². The second kappa shape index (κ2) is 5.53. The average Bonchev–Trinajstić information content (AvgIpc) is 2.27. The number of carbonyl (C=O) groups is 3. The fourth-order valence-corrected chi connectivity index (χ4v) is 1.18. The molecule has 0 aliphatic heterocycles. The van der Waals surface area contributed by atoms with Crippen LogP contribution in [0.2, 0.25) is 0 Å². The molecule has 0 unspecified atom stereocenters. The predicted octanol–water partition coefficient (Wildman–Crippen LogP) is 1.57. The van der Waals surface area contributed by atoms with Crippen LogP contribution >= 0.6 is 0 Å². The molecule has 5 nitrogen and oxygen atoms in total. The highest BCUT2D eigenvalue weighted by Crippen LogP contribution is 2.09. The van der Waals surface area contributed by atoms with E-state index in [0.717, 1.165) is 0 Å². The molecule has 1 heterocycles. The van der Waals surface area contributed by atoms with Gasteiger partial charge in [-0.1, -0.05) is 0 Å². The molecule has 0 N–H and O–H groups in total. The van der Waals surface area contributed by atoms with Crippen molar-refractivity contribution in [3.8, 4) is 0 Å². The van der Waals surface area contributed by atoms with Crippen molar-refractivity contribution in [2.45, 2.75) is 32.8 Å². The van der Waals surface area contributed by atoms with Gasteiger partial charge < -0.3 is 4.74 Å². The highest BCUT2D eigenvalue weighted by molar-refractivity contribution is 6.38. The minimum absolute atomic E-state index is 0.300. The molecule has 0 aliphatic carbocycles. The number of carbonyl (C=O) groups excluding carboxylic acids is 3. The Morgan fingerprint density at radius 2 is 1.94 bits per heavy atom. The lowest BCUT2D eigenvalue weighted by molar-refractivity contribution is -0.162. The summed E-state index contributed by atoms with van der Waals surface area (Å²) in [4.78, 5) is 38.3. The quantitative estimate of drug-likeness (QED) is 0.350. The van der Waals surface area contributed by atoms with Crippen molar-refractivity contribution in [1.82, 2.24) is 4.98 Å². The van der Waals surface area contributed by atoms with E-state index in [-0.39, 0.29) is 0 Å². The van der Waals surface area contributed by atoms with Gasteiger partial charge >= 0.3 is 5.97 Å². The van der Waals surface area contributed by atoms with Gasteiger partial charge in [0.25, 0.3) is 0 Å². The molecule has 0 amide bonds. The second-order valence-electron chi connectivity index (χ2n) is 4.77. The molecule has 0 spiro atoms. The maximum Gasteiger partial charge on any atom is 0.375 e. The van der Waals surface area contributed by atoms with Gasteiger partial charge in [-0.25, -0.2) is 4.79 Å². The molecule has 1 aromatic rings. The smallest absolute Gasteiger partial charge is 0.375 e. The van der Waals surface area contributed by atoms with Crippen molar-refractivity contribution < 1.29 is 19.1 Å². The highest BCUT2D eigenvalue weighted by atomic mass is 16.6. The summed E-state index contributed by atoms with van der Waals surface area (Å²) in [6, 6.07) is 3.13. The second-order valence-corrected chi connectivity index (χ2v) is 4.77. The Hall–Kier alpha value is -2.04. The SMILES string of the molecule is CC(C)(C)OC(=O)C(=O)CC(=O)c1cccnc1. The third-order valence-corrected chi connectivity index (χ3v) is 1.93. The van der Waals surface area contributed by atoms with Crippen molar-refractivity contribution in [2.24, 2.45) is 0 Å². The molecule has 96 valence electrons. The average molecular weight is 249 g/mol. The van der Waals surface area contributed by atoms with Gasteiger partial charge in [-0.15, -0.1) is 0 Å². The number of nitrogens with zero attached hydrogens (tertiary/aromatic N) is 1. The van der Waals surface area contributed by atoms with Gasteiger partial charge in [0.2, 0.25) is 5.78 Å². The minimum Gasteiger partial charge on any atom is -0.454 e. The molecule has 0 fully saturated rings. The Labute approximate surface area is 105 Å². The summed E-state index contributed by atoms with van der Waals surface area (Å²) in [7, 11) is 0. The summed E-state index contributed by atoms with van der Waals surface area (Å²) in [6.07, 6.45) is 2.37. The molecule has 5 heteroatoms. The predicted molar refractivity (Wildman–Crippen MR) is 64.0 cm³/mol. The number of esters is 1. The summed E-state index contributed by atoms with van der Waals surface area (Å²) < 4.78 is 4.88. The lowest BCUT2D eigenvalue weighted by Crippen LogP contribution is -2.30. The monoisotopic (exact) mass is 249 g/mol. The zero-order valence-corrected chi connectivity index (χ0v) is 10.6. The van der Waals surface area contributed by atoms with Crippen LogP contribution in [0.4, 0.5) is 0 Å². The fraction of sp³-hybridized carbons (Fsp3) is 0.385. The van der Waals surface area contributed by atoms with E-state index in [0.29, 0.717) is 5.56 Å². The minimum atomic E-state index is -0.986. The van der Waals surface area contributed by atoms with Crippen LogP contribution < -0.4 is 0 Å². The van der Waals surface area contributed by atoms with Crippen molar-refractivity contribution in [3.05, 3.63) is 30.1 Å². The first-order valence-corrected chi connectivity index (χ1v) is 5.49. The van der Waals surface area contributed by atoms with Crippen LogP contribution in [0, 0.1) is 0 Å². The van der Waals surface area contributed by atoms with Crippen molar-refractivity contribution in [1.29, 1.82) is 0 Å². The summed E-state index contributed by atoms with van der Waals surface area (Å²) in [6.45, 7) is 4.96. The van der Waals surface area contributed by atoms with Crippen LogP contribution in [0.3, 0.4) is 0 Å². The molecule has 18 heavy (non-hydrogen) atoms. The third-order valence-electron chi connectivity index (χ3n) is 1.93. The normalized spacial score (nSPS) is 10.8. The summed E-state index contributed by atoms with van der Waals surface area (Å²) >= 11 is 0. The van der Waals surface area contributed by atoms with Gasteiger partial charge in [0.15, 0.2) is 5.78 Å². The van der Waals surface area contributed by atoms with Crippen LogP contribution in [0.15, 0.2) is 24.5 Å². The van der Waals surface area contributed by atoms with E-state index >= 15 is 0 Å². The Bertz CT molecular complexity index is 460. The van der Waals surface area contributed by atoms with Gasteiger partial charge in [0.05, 0.1) is 6.42 Å². The van der Waals surface area contributed by atoms with E-state index in [2.05, 4.69) is 4.98 Å². The van der Waals surface area contributed by atoms with Crippen molar-refractivity contribution >= 4 is 17.5 Å². The zero-order chi connectivity index (χ0) is 13.8. The first-order valence-electron chi connectivity index (χ1n) is 5.49. The largest absolute Gasteiger partial charge is 0.454 e. The van der Waals surface area contributed by atoms with Crippen LogP contribution in [-0.4, -0.2) is 28.1 Å². The number of ether oxygens (including phenoxy) is 1. The van der Waals surface area contributed by atoms with Gasteiger partial charge in [-0.2, -0.15) is 0 Å². The maximum absolute atomic E-state index is 11.7. The van der Waals surface area contributed by atoms with Gasteiger partial charge in [0.1, 0.15) is 5.60 Å². The first-order chi connectivity index (χ1) is 8.29. The number of pyridine rings is 1. The topological polar surface area (TPSA) is 73.3 Å². The molecular formula is C13H15NO4. The Morgan fingerprint density at radius 3 is 2.44 bits per heavy atom. The van der Waals surface area contributed by atoms with Crippen LogP contribution in [-0.2, 0) is 14.3 Å². The molecule has 0 atom stereocenters. The Morgan fingerprint density at radius 1 is 1.28 bits per heavy atom. The third kappa shape index (κ3) is 4.45. The standard InChI is InChI=1S/C13H15NO4/c1-13(2,3)18-12(17)11(16)7-10(15)9-5-4-6-14-8-9/h4-6,8H,7H2,1-3H3. The van der Waals surface area contributed by atoms with Crippen LogP contribution in [0.5, 0.6) is 0 Å². The van der Waals surface area contributed by atoms with E-state index < -0.39 is 29.6 Å². The molecular weight excluding hydrogens is 234 g/mol. The number of rotatable bonds is 4. The molecule has 0 aliphatic rings. The molecule has 0 aromatic carbocycles. The van der Waals surface area contributed by atoms with Crippen molar-refractivity contribution in [3.63, 3.8) is 0 Å². The molecule has 1 rings (SSSR count). The molecule has 0 radical (unpaired) electrons. The lowest BCUT2D eigenvalue weighted by atomic mass is 10.1. The van der Waals surface area contributed by atoms with Crippen molar-refractivity contribution in [2.75, 3.05) is 0 Å². The summed E-state index contributed by atoms with van der Waals surface area (Å²) in [5.74, 6) is -2.28. The number of hydrogen-bond acceptors (Lipinski definition) is 5. The number of aromatic nitrogens is 1. The van der Waals surface area contributed by atoms with Gasteiger partial charge in [-0.05, 0) is 32.9 Å². The number of Topliss-reactive ketones (excluding diaryl/α,β-unsaturated/α-hetero) is 2. The zero-order valence-electron chi connectivity index (χ0n) is 10.6. The highest BCUT2D eigenvalue weighted by Gasteiger charge is 2.25. The molecule has 0 saturated heterocycles. The maximum atomic E-state index is 11.7. The lowest BCUT2D eigenvalue weighted by Gasteiger charge is -2.18. The fourth-order valence-electron chi connectivity index (χ4n) is 1.18. The summed E-state index contributed by atoms with van der Waals surface area (Å²) in [5.41, 5.74) is -0.446. The van der Waals surface area contributed by atoms with Crippen LogP contribution in [0.25, 0.3) is 0 Å². The molecule has 1 aromatic heterocycles. The number of hydrogen-bond donors (Lipinski definition) is 0. The molecule has 0 saturated carbocycles. The molecule has 0 bridgehead atoms. The van der Waals surface area contributed by atoms with E-state index in [1.807, 2.05) is 0 Å². The Kier molecular flexibility index (Phi) is 4.31. The van der Waals surface area contributed by atoms with E-state index in [1.54, 1.807) is 26.8 Å².